The van der Waals surface area contributed by atoms with Crippen LogP contribution in [0.3, 0.4) is 0 Å². The number of nitrogens with zero attached hydrogens (tertiary/aromatic N) is 2. The van der Waals surface area contributed by atoms with Crippen molar-refractivity contribution in [2.24, 2.45) is 5.92 Å². The van der Waals surface area contributed by atoms with Crippen molar-refractivity contribution in [2.75, 3.05) is 12.3 Å². The number of carbonyl (C=O) groups excluding carboxylic acids is 2. The molecule has 1 aromatic heterocycles. The first-order valence-electron chi connectivity index (χ1n) is 7.02. The molecule has 1 aliphatic heterocycles. The third kappa shape index (κ3) is 4.30. The fourth-order valence-electron chi connectivity index (χ4n) is 2.53. The van der Waals surface area contributed by atoms with Crippen LogP contribution in [0.15, 0.2) is 24.5 Å². The van der Waals surface area contributed by atoms with E-state index in [4.69, 9.17) is 0 Å². The summed E-state index contributed by atoms with van der Waals surface area (Å²) in [5.74, 6) is -0.583. The van der Waals surface area contributed by atoms with Crippen LogP contribution in [0.1, 0.15) is 18.9 Å². The van der Waals surface area contributed by atoms with Crippen LogP contribution in [0.4, 0.5) is 0 Å². The number of aliphatic carboxylic acids is 1. The lowest BCUT2D eigenvalue weighted by atomic mass is 10.1. The first kappa shape index (κ1) is 16.5. The van der Waals surface area contributed by atoms with E-state index in [1.807, 2.05) is 0 Å². The van der Waals surface area contributed by atoms with Gasteiger partial charge in [0, 0.05) is 44.5 Å². The molecule has 1 saturated heterocycles. The fourth-order valence-corrected chi connectivity index (χ4v) is 3.22. The van der Waals surface area contributed by atoms with Gasteiger partial charge in [0.05, 0.1) is 0 Å². The molecule has 0 spiro atoms. The highest BCUT2D eigenvalue weighted by molar-refractivity contribution is 8.13. The fraction of sp³-hybridized carbons (Fsp3) is 0.467. The Morgan fingerprint density at radius 1 is 1.45 bits per heavy atom. The summed E-state index contributed by atoms with van der Waals surface area (Å²) in [5, 5.41) is 9.46. The average molecular weight is 322 g/mol. The molecule has 1 N–H and O–H groups in total. The standard InChI is InChI=1S/C15H18N2O4S/c1-10(18)22-9-12-7-14(19)17(8-12)13(15(20)21)6-11-2-4-16-5-3-11/h2-5,12-13H,6-9H2,1H3,(H,20,21). The molecule has 0 aromatic carbocycles. The molecular weight excluding hydrogens is 304 g/mol. The molecule has 1 fully saturated rings. The van der Waals surface area contributed by atoms with E-state index >= 15 is 0 Å². The maximum atomic E-state index is 12.1. The zero-order valence-electron chi connectivity index (χ0n) is 12.3. The number of carboxylic acids is 1. The third-order valence-corrected chi connectivity index (χ3v) is 4.65. The van der Waals surface area contributed by atoms with E-state index in [2.05, 4.69) is 4.98 Å². The van der Waals surface area contributed by atoms with Crippen LogP contribution >= 0.6 is 11.8 Å². The molecule has 2 unspecified atom stereocenters. The van der Waals surface area contributed by atoms with Crippen molar-refractivity contribution in [2.45, 2.75) is 25.8 Å². The summed E-state index contributed by atoms with van der Waals surface area (Å²) in [4.78, 5) is 40.0. The molecule has 1 aliphatic rings. The Morgan fingerprint density at radius 2 is 2.14 bits per heavy atom. The van der Waals surface area contributed by atoms with Crippen LogP contribution in [0.2, 0.25) is 0 Å². The van der Waals surface area contributed by atoms with Gasteiger partial charge in [-0.1, -0.05) is 11.8 Å². The topological polar surface area (TPSA) is 87.6 Å². The Morgan fingerprint density at radius 3 is 2.73 bits per heavy atom. The Bertz CT molecular complexity index is 564. The number of hydrogen-bond acceptors (Lipinski definition) is 5. The average Bonchev–Trinajstić information content (AvgIpc) is 2.84. The highest BCUT2D eigenvalue weighted by Crippen LogP contribution is 2.25. The van der Waals surface area contributed by atoms with Gasteiger partial charge in [-0.3, -0.25) is 14.6 Å². The second-order valence-corrected chi connectivity index (χ2v) is 6.53. The van der Waals surface area contributed by atoms with E-state index in [0.29, 0.717) is 18.7 Å². The molecule has 118 valence electrons. The Kier molecular flexibility index (Phi) is 5.54. The summed E-state index contributed by atoms with van der Waals surface area (Å²) in [6.45, 7) is 1.88. The predicted octanol–water partition coefficient (Wildman–Crippen LogP) is 1.21. The largest absolute Gasteiger partial charge is 0.480 e. The highest BCUT2D eigenvalue weighted by atomic mass is 32.2. The number of rotatable bonds is 6. The van der Waals surface area contributed by atoms with Gasteiger partial charge in [0.25, 0.3) is 0 Å². The summed E-state index contributed by atoms with van der Waals surface area (Å²) in [5.41, 5.74) is 0.830. The summed E-state index contributed by atoms with van der Waals surface area (Å²) in [6.07, 6.45) is 3.77. The molecular formula is C15H18N2O4S. The Balaban J connectivity index is 2.04. The number of likely N-dealkylation sites (tertiary alicyclic amines) is 1. The first-order valence-corrected chi connectivity index (χ1v) is 8.00. The minimum Gasteiger partial charge on any atom is -0.480 e. The number of amides is 1. The van der Waals surface area contributed by atoms with E-state index < -0.39 is 12.0 Å². The molecule has 0 aliphatic carbocycles. The number of carboxylic acid groups (broad SMARTS) is 1. The van der Waals surface area contributed by atoms with Crippen LogP contribution in [0, 0.1) is 5.92 Å². The SMILES string of the molecule is CC(=O)SCC1CC(=O)N(C(Cc2ccncc2)C(=O)O)C1. The van der Waals surface area contributed by atoms with E-state index in [1.165, 1.54) is 23.6 Å². The lowest BCUT2D eigenvalue weighted by Crippen LogP contribution is -2.43. The maximum absolute atomic E-state index is 12.1. The lowest BCUT2D eigenvalue weighted by Gasteiger charge is -2.24. The first-order chi connectivity index (χ1) is 10.5. The van der Waals surface area contributed by atoms with Crippen molar-refractivity contribution in [3.05, 3.63) is 30.1 Å². The Labute approximate surface area is 132 Å². The second kappa shape index (κ2) is 7.40. The van der Waals surface area contributed by atoms with E-state index in [-0.39, 0.29) is 23.4 Å². The van der Waals surface area contributed by atoms with Crippen LogP contribution < -0.4 is 0 Å². The quantitative estimate of drug-likeness (QED) is 0.847. The second-order valence-electron chi connectivity index (χ2n) is 5.33. The number of aromatic nitrogens is 1. The van der Waals surface area contributed by atoms with Crippen LogP contribution in [0.5, 0.6) is 0 Å². The van der Waals surface area contributed by atoms with Gasteiger partial charge in [0.1, 0.15) is 6.04 Å². The number of thioether (sulfide) groups is 1. The van der Waals surface area contributed by atoms with Crippen molar-refractivity contribution in [1.29, 1.82) is 0 Å². The smallest absolute Gasteiger partial charge is 0.326 e. The van der Waals surface area contributed by atoms with Gasteiger partial charge in [-0.25, -0.2) is 4.79 Å². The molecule has 1 aromatic rings. The van der Waals surface area contributed by atoms with Crippen molar-refractivity contribution < 1.29 is 19.5 Å². The molecule has 6 nitrogen and oxygen atoms in total. The summed E-state index contributed by atoms with van der Waals surface area (Å²) >= 11 is 1.18. The Hall–Kier alpha value is -1.89. The maximum Gasteiger partial charge on any atom is 0.326 e. The van der Waals surface area contributed by atoms with E-state index in [1.54, 1.807) is 24.5 Å². The predicted molar refractivity (Wildman–Crippen MR) is 82.3 cm³/mol. The molecule has 0 saturated carbocycles. The van der Waals surface area contributed by atoms with Gasteiger partial charge in [-0.15, -0.1) is 0 Å². The normalized spacial score (nSPS) is 19.2. The molecule has 2 rings (SSSR count). The van der Waals surface area contributed by atoms with E-state index in [0.717, 1.165) is 5.56 Å². The van der Waals surface area contributed by atoms with Gasteiger partial charge in [0.2, 0.25) is 5.91 Å². The van der Waals surface area contributed by atoms with Crippen molar-refractivity contribution in [3.8, 4) is 0 Å². The zero-order valence-corrected chi connectivity index (χ0v) is 13.1. The third-order valence-electron chi connectivity index (χ3n) is 3.60. The molecule has 2 heterocycles. The highest BCUT2D eigenvalue weighted by Gasteiger charge is 2.37. The van der Waals surface area contributed by atoms with Gasteiger partial charge in [0.15, 0.2) is 5.12 Å². The number of carbonyl (C=O) groups is 3. The summed E-state index contributed by atoms with van der Waals surface area (Å²) in [6, 6.07) is 2.63. The van der Waals surface area contributed by atoms with Crippen molar-refractivity contribution >= 4 is 28.8 Å². The van der Waals surface area contributed by atoms with Gasteiger partial charge < -0.3 is 10.0 Å². The molecule has 0 radical (unpaired) electrons. The number of hydrogen-bond donors (Lipinski definition) is 1. The van der Waals surface area contributed by atoms with Crippen LogP contribution in [-0.4, -0.2) is 50.3 Å². The molecule has 2 atom stereocenters. The van der Waals surface area contributed by atoms with Gasteiger partial charge >= 0.3 is 5.97 Å². The van der Waals surface area contributed by atoms with E-state index in [9.17, 15) is 19.5 Å². The van der Waals surface area contributed by atoms with Crippen LogP contribution in [-0.2, 0) is 20.8 Å². The van der Waals surface area contributed by atoms with Crippen LogP contribution in [0.25, 0.3) is 0 Å². The lowest BCUT2D eigenvalue weighted by molar-refractivity contribution is -0.148. The molecule has 1 amide bonds. The van der Waals surface area contributed by atoms with Crippen molar-refractivity contribution in [3.63, 3.8) is 0 Å². The molecule has 22 heavy (non-hydrogen) atoms. The monoisotopic (exact) mass is 322 g/mol. The summed E-state index contributed by atoms with van der Waals surface area (Å²) < 4.78 is 0. The molecule has 0 bridgehead atoms. The number of pyridine rings is 1. The van der Waals surface area contributed by atoms with Crippen molar-refractivity contribution in [1.82, 2.24) is 9.88 Å². The minimum atomic E-state index is -1.01. The molecule has 7 heteroatoms. The summed E-state index contributed by atoms with van der Waals surface area (Å²) in [7, 11) is 0. The van der Waals surface area contributed by atoms with Gasteiger partial charge in [-0.05, 0) is 23.6 Å². The van der Waals surface area contributed by atoms with Gasteiger partial charge in [-0.2, -0.15) is 0 Å². The minimum absolute atomic E-state index is 0.0115. The zero-order chi connectivity index (χ0) is 16.1.